The molecule has 17 heavy (non-hydrogen) atoms. The minimum Gasteiger partial charge on any atom is -0.398 e. The van der Waals surface area contributed by atoms with Gasteiger partial charge in [0, 0.05) is 13.6 Å². The number of hydrogen-bond donors (Lipinski definition) is 1. The normalized spacial score (nSPS) is 12.0. The van der Waals surface area contributed by atoms with Gasteiger partial charge in [-0.1, -0.05) is 25.5 Å². The zero-order valence-corrected chi connectivity index (χ0v) is 11.4. The van der Waals surface area contributed by atoms with Gasteiger partial charge in [0.25, 0.3) is 0 Å². The first-order valence-electron chi connectivity index (χ1n) is 5.72. The largest absolute Gasteiger partial charge is 0.398 e. The Kier molecular flexibility index (Phi) is 4.54. The second kappa shape index (κ2) is 5.51. The Hall–Kier alpha value is -1.07. The van der Waals surface area contributed by atoms with Crippen LogP contribution in [-0.2, 0) is 10.0 Å². The van der Waals surface area contributed by atoms with Crippen molar-refractivity contribution < 1.29 is 8.42 Å². The first-order valence-corrected chi connectivity index (χ1v) is 7.16. The maximum absolute atomic E-state index is 12.3. The van der Waals surface area contributed by atoms with Gasteiger partial charge in [0.15, 0.2) is 0 Å². The zero-order valence-electron chi connectivity index (χ0n) is 10.6. The van der Waals surface area contributed by atoms with E-state index in [1.807, 2.05) is 6.92 Å². The van der Waals surface area contributed by atoms with Crippen molar-refractivity contribution in [2.75, 3.05) is 19.3 Å². The molecule has 1 rings (SSSR count). The van der Waals surface area contributed by atoms with Crippen LogP contribution in [0.1, 0.15) is 25.3 Å². The lowest BCUT2D eigenvalue weighted by atomic mass is 10.2. The summed E-state index contributed by atoms with van der Waals surface area (Å²) in [6, 6.07) is 5.14. The molecule has 0 aliphatic heterocycles. The number of nitrogens with zero attached hydrogens (tertiary/aromatic N) is 1. The summed E-state index contributed by atoms with van der Waals surface area (Å²) in [6.45, 7) is 4.31. The lowest BCUT2D eigenvalue weighted by Gasteiger charge is -2.19. The Balaban J connectivity index is 3.13. The third kappa shape index (κ3) is 2.98. The van der Waals surface area contributed by atoms with Gasteiger partial charge in [0.2, 0.25) is 10.0 Å². The number of benzene rings is 1. The molecule has 0 bridgehead atoms. The van der Waals surface area contributed by atoms with E-state index in [2.05, 4.69) is 0 Å². The van der Waals surface area contributed by atoms with E-state index in [9.17, 15) is 8.42 Å². The van der Waals surface area contributed by atoms with Crippen LogP contribution in [0.2, 0.25) is 0 Å². The van der Waals surface area contributed by atoms with E-state index in [1.165, 1.54) is 4.31 Å². The van der Waals surface area contributed by atoms with Crippen LogP contribution in [0.4, 0.5) is 5.69 Å². The molecule has 0 aromatic heterocycles. The van der Waals surface area contributed by atoms with Crippen LogP contribution in [0.5, 0.6) is 0 Å². The van der Waals surface area contributed by atoms with Gasteiger partial charge in [-0.15, -0.1) is 0 Å². The maximum atomic E-state index is 12.3. The highest BCUT2D eigenvalue weighted by molar-refractivity contribution is 7.89. The third-order valence-electron chi connectivity index (χ3n) is 2.74. The molecule has 4 nitrogen and oxygen atoms in total. The molecule has 2 N–H and O–H groups in total. The van der Waals surface area contributed by atoms with Crippen LogP contribution >= 0.6 is 0 Å². The van der Waals surface area contributed by atoms with E-state index in [-0.39, 0.29) is 4.90 Å². The molecule has 0 aliphatic rings. The molecule has 0 spiro atoms. The Morgan fingerprint density at radius 2 is 2.00 bits per heavy atom. The second-order valence-electron chi connectivity index (χ2n) is 4.17. The Morgan fingerprint density at radius 1 is 1.35 bits per heavy atom. The average Bonchev–Trinajstić information content (AvgIpc) is 2.25. The molecule has 0 unspecified atom stereocenters. The molecule has 5 heteroatoms. The van der Waals surface area contributed by atoms with E-state index in [0.29, 0.717) is 17.8 Å². The molecule has 0 atom stereocenters. The van der Waals surface area contributed by atoms with Crippen molar-refractivity contribution in [3.05, 3.63) is 23.8 Å². The van der Waals surface area contributed by atoms with E-state index in [4.69, 9.17) is 5.73 Å². The maximum Gasteiger partial charge on any atom is 0.245 e. The highest BCUT2D eigenvalue weighted by Crippen LogP contribution is 2.25. The van der Waals surface area contributed by atoms with Crippen molar-refractivity contribution in [1.82, 2.24) is 4.31 Å². The second-order valence-corrected chi connectivity index (χ2v) is 6.16. The molecule has 0 saturated heterocycles. The summed E-state index contributed by atoms with van der Waals surface area (Å²) in [4.78, 5) is 0.235. The molecule has 0 aliphatic carbocycles. The van der Waals surface area contributed by atoms with Gasteiger partial charge in [-0.2, -0.15) is 0 Å². The van der Waals surface area contributed by atoms with Crippen molar-refractivity contribution in [2.45, 2.75) is 31.6 Å². The van der Waals surface area contributed by atoms with Gasteiger partial charge < -0.3 is 5.73 Å². The Bertz CT molecular complexity index is 463. The van der Waals surface area contributed by atoms with Crippen molar-refractivity contribution in [3.8, 4) is 0 Å². The van der Waals surface area contributed by atoms with Crippen LogP contribution in [0, 0.1) is 6.92 Å². The molecule has 96 valence electrons. The number of nitrogens with two attached hydrogens (primary N) is 1. The number of anilines is 1. The first kappa shape index (κ1) is 14.0. The molecular weight excluding hydrogens is 236 g/mol. The first-order chi connectivity index (χ1) is 7.91. The lowest BCUT2D eigenvalue weighted by Crippen LogP contribution is -2.29. The zero-order chi connectivity index (χ0) is 13.1. The van der Waals surface area contributed by atoms with Crippen LogP contribution < -0.4 is 5.73 Å². The van der Waals surface area contributed by atoms with Gasteiger partial charge >= 0.3 is 0 Å². The monoisotopic (exact) mass is 256 g/mol. The Labute approximate surface area is 103 Å². The number of unbranched alkanes of at least 4 members (excludes halogenated alkanes) is 1. The molecule has 0 saturated carbocycles. The van der Waals surface area contributed by atoms with E-state index >= 15 is 0 Å². The fraction of sp³-hybridized carbons (Fsp3) is 0.500. The number of sulfonamides is 1. The summed E-state index contributed by atoms with van der Waals surface area (Å²) in [5.41, 5.74) is 6.77. The molecular formula is C12H20N2O2S. The van der Waals surface area contributed by atoms with Crippen LogP contribution in [-0.4, -0.2) is 26.3 Å². The summed E-state index contributed by atoms with van der Waals surface area (Å²) in [5, 5.41) is 0. The summed E-state index contributed by atoms with van der Waals surface area (Å²) < 4.78 is 26.0. The smallest absolute Gasteiger partial charge is 0.245 e. The van der Waals surface area contributed by atoms with Crippen LogP contribution in [0.3, 0.4) is 0 Å². The molecule has 0 heterocycles. The van der Waals surface area contributed by atoms with Crippen molar-refractivity contribution in [1.29, 1.82) is 0 Å². The molecule has 0 fully saturated rings. The van der Waals surface area contributed by atoms with Gasteiger partial charge in [-0.25, -0.2) is 12.7 Å². The van der Waals surface area contributed by atoms with E-state index in [0.717, 1.165) is 12.8 Å². The van der Waals surface area contributed by atoms with Crippen molar-refractivity contribution in [3.63, 3.8) is 0 Å². The lowest BCUT2D eigenvalue weighted by molar-refractivity contribution is 0.459. The summed E-state index contributed by atoms with van der Waals surface area (Å²) in [6.07, 6.45) is 1.81. The summed E-state index contributed by atoms with van der Waals surface area (Å²) in [7, 11) is -1.87. The summed E-state index contributed by atoms with van der Waals surface area (Å²) in [5.74, 6) is 0. The quantitative estimate of drug-likeness (QED) is 0.819. The van der Waals surface area contributed by atoms with Crippen molar-refractivity contribution in [2.24, 2.45) is 0 Å². The number of nitrogen functional groups attached to an aromatic ring is 1. The van der Waals surface area contributed by atoms with Gasteiger partial charge in [0.05, 0.1) is 5.69 Å². The van der Waals surface area contributed by atoms with Crippen LogP contribution in [0.25, 0.3) is 0 Å². The predicted octanol–water partition coefficient (Wildman–Crippen LogP) is 2.00. The standard InChI is InChI=1S/C12H20N2O2S/c1-4-5-9-14(3)17(15,16)12-10(2)7-6-8-11(12)13/h6-8H,4-5,9,13H2,1-3H3. The van der Waals surface area contributed by atoms with Gasteiger partial charge in [0.1, 0.15) is 4.90 Å². The minimum absolute atomic E-state index is 0.235. The fourth-order valence-corrected chi connectivity index (χ4v) is 3.21. The number of aryl methyl sites for hydroxylation is 1. The molecule has 1 aromatic carbocycles. The Morgan fingerprint density at radius 3 is 2.53 bits per heavy atom. The SMILES string of the molecule is CCCCN(C)S(=O)(=O)c1c(C)cccc1N. The predicted molar refractivity (Wildman–Crippen MR) is 70.3 cm³/mol. The third-order valence-corrected chi connectivity index (χ3v) is 4.81. The van der Waals surface area contributed by atoms with E-state index in [1.54, 1.807) is 32.2 Å². The average molecular weight is 256 g/mol. The molecule has 1 aromatic rings. The van der Waals surface area contributed by atoms with Gasteiger partial charge in [-0.05, 0) is 25.0 Å². The minimum atomic E-state index is -3.46. The highest BCUT2D eigenvalue weighted by atomic mass is 32.2. The van der Waals surface area contributed by atoms with Gasteiger partial charge in [-0.3, -0.25) is 0 Å². The number of rotatable bonds is 5. The van der Waals surface area contributed by atoms with E-state index < -0.39 is 10.0 Å². The van der Waals surface area contributed by atoms with Crippen LogP contribution in [0.15, 0.2) is 23.1 Å². The highest BCUT2D eigenvalue weighted by Gasteiger charge is 2.24. The van der Waals surface area contributed by atoms with Crippen molar-refractivity contribution >= 4 is 15.7 Å². The fourth-order valence-electron chi connectivity index (χ4n) is 1.68. The molecule has 0 radical (unpaired) electrons. The molecule has 0 amide bonds. The number of hydrogen-bond acceptors (Lipinski definition) is 3. The summed E-state index contributed by atoms with van der Waals surface area (Å²) >= 11 is 0. The topological polar surface area (TPSA) is 63.4 Å².